The van der Waals surface area contributed by atoms with Gasteiger partial charge in [0, 0.05) is 25.0 Å². The molecule has 0 aromatic heterocycles. The van der Waals surface area contributed by atoms with Crippen LogP contribution in [-0.4, -0.2) is 29.4 Å². The summed E-state index contributed by atoms with van der Waals surface area (Å²) in [7, 11) is 0. The summed E-state index contributed by atoms with van der Waals surface area (Å²) >= 11 is 0. The lowest BCUT2D eigenvalue weighted by Gasteiger charge is -2.24. The standard InChI is InChI=1S/C10H19N3O/c1-4-13(7-5-6-11)9(14)8-10(2,3)12/h4-5,7-8,12H2,1-3H3. The lowest BCUT2D eigenvalue weighted by molar-refractivity contribution is -0.131. The van der Waals surface area contributed by atoms with Gasteiger partial charge >= 0.3 is 0 Å². The second kappa shape index (κ2) is 5.61. The Hall–Kier alpha value is -1.08. The van der Waals surface area contributed by atoms with Gasteiger partial charge in [0.1, 0.15) is 0 Å². The maximum absolute atomic E-state index is 11.6. The zero-order valence-corrected chi connectivity index (χ0v) is 9.21. The predicted octanol–water partition coefficient (Wildman–Crippen LogP) is 0.876. The van der Waals surface area contributed by atoms with Gasteiger partial charge in [-0.15, -0.1) is 0 Å². The van der Waals surface area contributed by atoms with Crippen LogP contribution in [0.4, 0.5) is 0 Å². The third kappa shape index (κ3) is 5.55. The molecule has 0 saturated heterocycles. The fourth-order valence-electron chi connectivity index (χ4n) is 1.15. The Morgan fingerprint density at radius 2 is 2.14 bits per heavy atom. The molecule has 14 heavy (non-hydrogen) atoms. The van der Waals surface area contributed by atoms with Crippen molar-refractivity contribution in [2.75, 3.05) is 13.1 Å². The van der Waals surface area contributed by atoms with Gasteiger partial charge in [-0.3, -0.25) is 4.79 Å². The maximum atomic E-state index is 11.6. The largest absolute Gasteiger partial charge is 0.342 e. The molecular weight excluding hydrogens is 178 g/mol. The highest BCUT2D eigenvalue weighted by molar-refractivity contribution is 5.77. The molecule has 4 nitrogen and oxygen atoms in total. The number of carbonyl (C=O) groups excluding carboxylic acids is 1. The minimum absolute atomic E-state index is 0.0234. The van der Waals surface area contributed by atoms with Crippen molar-refractivity contribution in [3.8, 4) is 6.07 Å². The fraction of sp³-hybridized carbons (Fsp3) is 0.800. The van der Waals surface area contributed by atoms with Crippen LogP contribution in [0.5, 0.6) is 0 Å². The quantitative estimate of drug-likeness (QED) is 0.711. The number of hydrogen-bond acceptors (Lipinski definition) is 3. The van der Waals surface area contributed by atoms with Crippen LogP contribution < -0.4 is 5.73 Å². The van der Waals surface area contributed by atoms with E-state index in [1.54, 1.807) is 4.90 Å². The minimum Gasteiger partial charge on any atom is -0.342 e. The number of carbonyl (C=O) groups is 1. The molecule has 0 aromatic carbocycles. The van der Waals surface area contributed by atoms with E-state index in [2.05, 4.69) is 0 Å². The van der Waals surface area contributed by atoms with E-state index >= 15 is 0 Å². The van der Waals surface area contributed by atoms with Crippen molar-refractivity contribution in [3.63, 3.8) is 0 Å². The molecular formula is C10H19N3O. The van der Waals surface area contributed by atoms with Gasteiger partial charge in [0.15, 0.2) is 0 Å². The van der Waals surface area contributed by atoms with Gasteiger partial charge in [0.2, 0.25) is 5.91 Å². The smallest absolute Gasteiger partial charge is 0.224 e. The van der Waals surface area contributed by atoms with E-state index in [0.29, 0.717) is 25.9 Å². The van der Waals surface area contributed by atoms with Gasteiger partial charge in [-0.05, 0) is 20.8 Å². The Morgan fingerprint density at radius 1 is 1.57 bits per heavy atom. The molecule has 0 atom stereocenters. The number of amides is 1. The Bertz CT molecular complexity index is 225. The van der Waals surface area contributed by atoms with E-state index in [1.807, 2.05) is 26.8 Å². The Kier molecular flexibility index (Phi) is 5.18. The summed E-state index contributed by atoms with van der Waals surface area (Å²) in [5.74, 6) is 0.0234. The summed E-state index contributed by atoms with van der Waals surface area (Å²) in [6, 6.07) is 2.03. The first-order valence-corrected chi connectivity index (χ1v) is 4.84. The predicted molar refractivity (Wildman–Crippen MR) is 55.4 cm³/mol. The fourth-order valence-corrected chi connectivity index (χ4v) is 1.15. The van der Waals surface area contributed by atoms with Gasteiger partial charge < -0.3 is 10.6 Å². The van der Waals surface area contributed by atoms with Crippen LogP contribution in [0.1, 0.15) is 33.6 Å². The van der Waals surface area contributed by atoms with Crippen molar-refractivity contribution in [2.45, 2.75) is 39.2 Å². The van der Waals surface area contributed by atoms with E-state index in [0.717, 1.165) is 0 Å². The molecule has 0 aliphatic heterocycles. The third-order valence-corrected chi connectivity index (χ3v) is 1.83. The summed E-state index contributed by atoms with van der Waals surface area (Å²) in [4.78, 5) is 13.3. The van der Waals surface area contributed by atoms with Crippen molar-refractivity contribution in [3.05, 3.63) is 0 Å². The van der Waals surface area contributed by atoms with Crippen molar-refractivity contribution in [2.24, 2.45) is 5.73 Å². The average molecular weight is 197 g/mol. The summed E-state index contributed by atoms with van der Waals surface area (Å²) in [6.07, 6.45) is 0.705. The summed E-state index contributed by atoms with van der Waals surface area (Å²) in [5, 5.41) is 8.41. The molecule has 0 bridgehead atoms. The number of hydrogen-bond donors (Lipinski definition) is 1. The highest BCUT2D eigenvalue weighted by atomic mass is 16.2. The van der Waals surface area contributed by atoms with E-state index in [1.165, 1.54) is 0 Å². The maximum Gasteiger partial charge on any atom is 0.224 e. The average Bonchev–Trinajstić information content (AvgIpc) is 2.02. The summed E-state index contributed by atoms with van der Waals surface area (Å²) in [5.41, 5.74) is 5.27. The van der Waals surface area contributed by atoms with Crippen LogP contribution in [0.25, 0.3) is 0 Å². The zero-order valence-electron chi connectivity index (χ0n) is 9.21. The highest BCUT2D eigenvalue weighted by Crippen LogP contribution is 2.07. The molecule has 0 rings (SSSR count). The molecule has 0 aliphatic carbocycles. The second-order valence-corrected chi connectivity index (χ2v) is 4.05. The molecule has 1 amide bonds. The molecule has 0 heterocycles. The first-order valence-electron chi connectivity index (χ1n) is 4.84. The molecule has 0 aromatic rings. The van der Waals surface area contributed by atoms with Crippen molar-refractivity contribution >= 4 is 5.91 Å². The third-order valence-electron chi connectivity index (χ3n) is 1.83. The first kappa shape index (κ1) is 12.9. The van der Waals surface area contributed by atoms with Gasteiger partial charge in [-0.25, -0.2) is 0 Å². The van der Waals surface area contributed by atoms with Crippen molar-refractivity contribution in [1.29, 1.82) is 5.26 Å². The zero-order chi connectivity index (χ0) is 11.2. The van der Waals surface area contributed by atoms with Crippen LogP contribution in [0.2, 0.25) is 0 Å². The number of rotatable bonds is 5. The molecule has 80 valence electrons. The molecule has 0 unspecified atom stereocenters. The summed E-state index contributed by atoms with van der Waals surface area (Å²) < 4.78 is 0. The minimum atomic E-state index is -0.475. The first-order chi connectivity index (χ1) is 6.40. The van der Waals surface area contributed by atoms with Crippen LogP contribution in [0.15, 0.2) is 0 Å². The molecule has 0 aliphatic rings. The molecule has 4 heteroatoms. The lowest BCUT2D eigenvalue weighted by Crippen LogP contribution is -2.41. The highest BCUT2D eigenvalue weighted by Gasteiger charge is 2.20. The molecule has 2 N–H and O–H groups in total. The number of nitriles is 1. The SMILES string of the molecule is CCN(CCC#N)C(=O)CC(C)(C)N. The molecule has 0 saturated carbocycles. The van der Waals surface area contributed by atoms with Gasteiger partial charge in [-0.2, -0.15) is 5.26 Å². The van der Waals surface area contributed by atoms with E-state index in [-0.39, 0.29) is 5.91 Å². The van der Waals surface area contributed by atoms with Gasteiger partial charge in [0.05, 0.1) is 12.5 Å². The molecule has 0 fully saturated rings. The van der Waals surface area contributed by atoms with Crippen LogP contribution >= 0.6 is 0 Å². The van der Waals surface area contributed by atoms with E-state index in [9.17, 15) is 4.79 Å². The summed E-state index contributed by atoms with van der Waals surface area (Å²) in [6.45, 7) is 6.68. The van der Waals surface area contributed by atoms with Crippen molar-refractivity contribution < 1.29 is 4.79 Å². The second-order valence-electron chi connectivity index (χ2n) is 4.05. The Morgan fingerprint density at radius 3 is 2.50 bits per heavy atom. The topological polar surface area (TPSA) is 70.1 Å². The number of nitrogens with zero attached hydrogens (tertiary/aromatic N) is 2. The Balaban J connectivity index is 4.12. The normalized spacial score (nSPS) is 10.8. The van der Waals surface area contributed by atoms with Crippen LogP contribution in [0, 0.1) is 11.3 Å². The molecule has 0 spiro atoms. The van der Waals surface area contributed by atoms with Crippen LogP contribution in [-0.2, 0) is 4.79 Å². The lowest BCUT2D eigenvalue weighted by atomic mass is 10.0. The van der Waals surface area contributed by atoms with E-state index in [4.69, 9.17) is 11.0 Å². The van der Waals surface area contributed by atoms with Gasteiger partial charge in [0.25, 0.3) is 0 Å². The van der Waals surface area contributed by atoms with Gasteiger partial charge in [-0.1, -0.05) is 0 Å². The van der Waals surface area contributed by atoms with Crippen molar-refractivity contribution in [1.82, 2.24) is 4.90 Å². The monoisotopic (exact) mass is 197 g/mol. The molecule has 0 radical (unpaired) electrons. The van der Waals surface area contributed by atoms with Crippen LogP contribution in [0.3, 0.4) is 0 Å². The van der Waals surface area contributed by atoms with E-state index < -0.39 is 5.54 Å². The Labute approximate surface area is 85.7 Å². The number of nitrogens with two attached hydrogens (primary N) is 1.